The van der Waals surface area contributed by atoms with E-state index in [1.54, 1.807) is 24.3 Å². The van der Waals surface area contributed by atoms with E-state index in [4.69, 9.17) is 14.5 Å². The van der Waals surface area contributed by atoms with Crippen LogP contribution in [0.1, 0.15) is 41.5 Å². The maximum absolute atomic E-state index is 13.1. The van der Waals surface area contributed by atoms with Crippen LogP contribution >= 0.6 is 0 Å². The van der Waals surface area contributed by atoms with E-state index in [0.717, 1.165) is 36.3 Å². The Morgan fingerprint density at radius 3 is 2.53 bits per heavy atom. The molecule has 0 amide bonds. The van der Waals surface area contributed by atoms with Crippen LogP contribution in [0.15, 0.2) is 47.4 Å². The molecule has 0 saturated carbocycles. The Hall–Kier alpha value is -3.01. The summed E-state index contributed by atoms with van der Waals surface area (Å²) in [6.07, 6.45) is 5.85. The number of methoxy groups -OCH3 is 1. The van der Waals surface area contributed by atoms with Crippen molar-refractivity contribution in [2.45, 2.75) is 31.2 Å². The second kappa shape index (κ2) is 10.5. The Kier molecular flexibility index (Phi) is 7.45. The molecule has 1 saturated heterocycles. The van der Waals surface area contributed by atoms with E-state index in [1.807, 2.05) is 30.4 Å². The van der Waals surface area contributed by atoms with Crippen LogP contribution in [0, 0.1) is 0 Å². The number of sulfonamides is 1. The molecule has 0 radical (unpaired) electrons. The number of esters is 1. The zero-order chi connectivity index (χ0) is 24.1. The van der Waals surface area contributed by atoms with Gasteiger partial charge >= 0.3 is 5.97 Å². The monoisotopic (exact) mass is 483 g/mol. The van der Waals surface area contributed by atoms with Crippen molar-refractivity contribution < 1.29 is 22.7 Å². The molecule has 34 heavy (non-hydrogen) atoms. The summed E-state index contributed by atoms with van der Waals surface area (Å²) in [5, 5.41) is 0. The highest BCUT2D eigenvalue weighted by Crippen LogP contribution is 2.25. The van der Waals surface area contributed by atoms with Crippen molar-refractivity contribution >= 4 is 39.2 Å². The normalized spacial score (nSPS) is 15.2. The lowest BCUT2D eigenvalue weighted by atomic mass is 10.1. The van der Waals surface area contributed by atoms with E-state index in [-0.39, 0.29) is 10.9 Å². The number of benzene rings is 2. The molecule has 2 heterocycles. The topological polar surface area (TPSA) is 90.7 Å². The lowest BCUT2D eigenvalue weighted by Gasteiger charge is -2.26. The second-order valence-electron chi connectivity index (χ2n) is 8.09. The summed E-state index contributed by atoms with van der Waals surface area (Å²) in [6.45, 7) is 4.43. The summed E-state index contributed by atoms with van der Waals surface area (Å²) in [5.41, 5.74) is 2.95. The molecule has 8 nitrogen and oxygen atoms in total. The van der Waals surface area contributed by atoms with E-state index in [2.05, 4.69) is 11.5 Å². The van der Waals surface area contributed by atoms with Gasteiger partial charge in [0.1, 0.15) is 5.82 Å². The number of hydrogen-bond donors (Lipinski definition) is 0. The van der Waals surface area contributed by atoms with E-state index in [1.165, 1.54) is 11.4 Å². The van der Waals surface area contributed by atoms with Gasteiger partial charge in [-0.2, -0.15) is 4.31 Å². The van der Waals surface area contributed by atoms with Crippen molar-refractivity contribution in [2.24, 2.45) is 0 Å². The highest BCUT2D eigenvalue weighted by atomic mass is 32.2. The van der Waals surface area contributed by atoms with Crippen LogP contribution in [0.5, 0.6) is 0 Å². The first-order valence-corrected chi connectivity index (χ1v) is 12.8. The summed E-state index contributed by atoms with van der Waals surface area (Å²) in [5.74, 6) is 0.376. The third kappa shape index (κ3) is 5.06. The predicted molar refractivity (Wildman–Crippen MR) is 131 cm³/mol. The first kappa shape index (κ1) is 24.1. The van der Waals surface area contributed by atoms with E-state index in [0.29, 0.717) is 37.4 Å². The molecule has 3 aromatic rings. The van der Waals surface area contributed by atoms with Crippen molar-refractivity contribution in [1.29, 1.82) is 0 Å². The number of nitrogens with zero attached hydrogens (tertiary/aromatic N) is 3. The van der Waals surface area contributed by atoms with Gasteiger partial charge in [-0.3, -0.25) is 0 Å². The van der Waals surface area contributed by atoms with Gasteiger partial charge in [0.15, 0.2) is 0 Å². The number of hydrogen-bond acceptors (Lipinski definition) is 6. The zero-order valence-corrected chi connectivity index (χ0v) is 20.3. The van der Waals surface area contributed by atoms with Crippen LogP contribution in [0.3, 0.4) is 0 Å². The maximum atomic E-state index is 13.1. The molecule has 0 bridgehead atoms. The summed E-state index contributed by atoms with van der Waals surface area (Å²) in [7, 11) is -2.24. The average molecular weight is 484 g/mol. The number of aryl methyl sites for hydroxylation is 1. The maximum Gasteiger partial charge on any atom is 0.337 e. The van der Waals surface area contributed by atoms with Gasteiger partial charge in [0, 0.05) is 19.6 Å². The first-order valence-electron chi connectivity index (χ1n) is 11.4. The van der Waals surface area contributed by atoms with Crippen molar-refractivity contribution in [1.82, 2.24) is 13.9 Å². The molecule has 9 heteroatoms. The van der Waals surface area contributed by atoms with Gasteiger partial charge in [0.05, 0.1) is 41.8 Å². The molecular weight excluding hydrogens is 454 g/mol. The highest BCUT2D eigenvalue weighted by molar-refractivity contribution is 7.89. The smallest absolute Gasteiger partial charge is 0.337 e. The van der Waals surface area contributed by atoms with E-state index < -0.39 is 10.0 Å². The van der Waals surface area contributed by atoms with Crippen LogP contribution in [0.2, 0.25) is 0 Å². The molecule has 0 aliphatic carbocycles. The van der Waals surface area contributed by atoms with Gasteiger partial charge in [-0.1, -0.05) is 31.6 Å². The quantitative estimate of drug-likeness (QED) is 0.453. The van der Waals surface area contributed by atoms with Gasteiger partial charge in [-0.25, -0.2) is 18.2 Å². The van der Waals surface area contributed by atoms with E-state index in [9.17, 15) is 13.2 Å². The molecule has 1 aromatic heterocycles. The van der Waals surface area contributed by atoms with Gasteiger partial charge < -0.3 is 14.0 Å². The standard InChI is InChI=1S/C25H29N3O5S/c1-3-4-13-28-23-11-10-21(34(30,31)27-14-16-33-17-15-27)18-22(23)26-24(28)12-7-19-5-8-20(9-6-19)25(29)32-2/h5-12,18H,3-4,13-17H2,1-2H3/b12-7+. The molecule has 0 N–H and O–H groups in total. The van der Waals surface area contributed by atoms with Crippen LogP contribution < -0.4 is 0 Å². The van der Waals surface area contributed by atoms with Gasteiger partial charge in [-0.15, -0.1) is 0 Å². The fraction of sp³-hybridized carbons (Fsp3) is 0.360. The number of ether oxygens (including phenoxy) is 2. The largest absolute Gasteiger partial charge is 0.465 e. The Balaban J connectivity index is 1.67. The van der Waals surface area contributed by atoms with Crippen LogP contribution in [0.4, 0.5) is 0 Å². The number of unbranched alkanes of at least 4 members (excludes halogenated alkanes) is 1. The van der Waals surface area contributed by atoms with Gasteiger partial charge in [-0.05, 0) is 48.4 Å². The fourth-order valence-corrected chi connectivity index (χ4v) is 5.35. The van der Waals surface area contributed by atoms with Crippen LogP contribution in [-0.2, 0) is 26.0 Å². The molecule has 180 valence electrons. The van der Waals surface area contributed by atoms with Crippen molar-refractivity contribution in [3.05, 3.63) is 59.4 Å². The minimum atomic E-state index is -3.59. The number of fused-ring (bicyclic) bond motifs is 1. The molecule has 1 fully saturated rings. The molecule has 4 rings (SSSR count). The second-order valence-corrected chi connectivity index (χ2v) is 10.0. The van der Waals surface area contributed by atoms with Crippen molar-refractivity contribution in [3.8, 4) is 0 Å². The minimum Gasteiger partial charge on any atom is -0.465 e. The number of morpholine rings is 1. The Bertz CT molecular complexity index is 1290. The first-order chi connectivity index (χ1) is 16.4. The lowest BCUT2D eigenvalue weighted by Crippen LogP contribution is -2.40. The van der Waals surface area contributed by atoms with Gasteiger partial charge in [0.25, 0.3) is 0 Å². The molecule has 0 spiro atoms. The Labute approximate surface area is 199 Å². The van der Waals surface area contributed by atoms with Crippen LogP contribution in [0.25, 0.3) is 23.2 Å². The average Bonchev–Trinajstić information content (AvgIpc) is 3.23. The molecule has 1 aliphatic heterocycles. The molecule has 2 aromatic carbocycles. The third-order valence-electron chi connectivity index (χ3n) is 5.85. The summed E-state index contributed by atoms with van der Waals surface area (Å²) in [6, 6.07) is 12.3. The molecule has 0 unspecified atom stereocenters. The summed E-state index contributed by atoms with van der Waals surface area (Å²) in [4.78, 5) is 16.6. The molecule has 0 atom stereocenters. The number of imidazole rings is 1. The number of rotatable bonds is 8. The highest BCUT2D eigenvalue weighted by Gasteiger charge is 2.27. The number of carbonyl (C=O) groups excluding carboxylic acids is 1. The Morgan fingerprint density at radius 2 is 1.85 bits per heavy atom. The third-order valence-corrected chi connectivity index (χ3v) is 7.74. The predicted octanol–water partition coefficient (Wildman–Crippen LogP) is 3.81. The van der Waals surface area contributed by atoms with E-state index >= 15 is 0 Å². The minimum absolute atomic E-state index is 0.246. The van der Waals surface area contributed by atoms with Gasteiger partial charge in [0.2, 0.25) is 10.0 Å². The van der Waals surface area contributed by atoms with Crippen molar-refractivity contribution in [3.63, 3.8) is 0 Å². The SMILES string of the molecule is CCCCn1c(/C=C/c2ccc(C(=O)OC)cc2)nc2cc(S(=O)(=O)N3CCOCC3)ccc21. The number of aromatic nitrogens is 2. The van der Waals surface area contributed by atoms with Crippen LogP contribution in [-0.4, -0.2) is 61.7 Å². The van der Waals surface area contributed by atoms with Crippen molar-refractivity contribution in [2.75, 3.05) is 33.4 Å². The molecule has 1 aliphatic rings. The fourth-order valence-electron chi connectivity index (χ4n) is 3.92. The zero-order valence-electron chi connectivity index (χ0n) is 19.4. The Morgan fingerprint density at radius 1 is 1.12 bits per heavy atom. The number of carbonyl (C=O) groups is 1. The lowest BCUT2D eigenvalue weighted by molar-refractivity contribution is 0.0600. The summed E-state index contributed by atoms with van der Waals surface area (Å²) < 4.78 is 39.8. The summed E-state index contributed by atoms with van der Waals surface area (Å²) >= 11 is 0. The molecular formula is C25H29N3O5S.